The fourth-order valence-electron chi connectivity index (χ4n) is 1.80. The van der Waals surface area contributed by atoms with Crippen LogP contribution in [0.4, 0.5) is 5.69 Å². The maximum atomic E-state index is 11.7. The number of nitrogens with zero attached hydrogens (tertiary/aromatic N) is 1. The van der Waals surface area contributed by atoms with E-state index in [-0.39, 0.29) is 17.7 Å². The van der Waals surface area contributed by atoms with Gasteiger partial charge in [-0.05, 0) is 25.7 Å². The zero-order valence-electron chi connectivity index (χ0n) is 9.16. The first-order valence-electron chi connectivity index (χ1n) is 5.34. The normalized spacial score (nSPS) is 23.9. The van der Waals surface area contributed by atoms with Crippen molar-refractivity contribution < 1.29 is 9.90 Å². The number of nitrogen functional groups attached to an aromatic ring is 1. The lowest BCUT2D eigenvalue weighted by Crippen LogP contribution is -2.38. The molecule has 0 atom stereocenters. The molecule has 0 aromatic carbocycles. The number of aryl methyl sites for hydroxylation is 1. The quantitative estimate of drug-likeness (QED) is 0.570. The number of aromatic amines is 1. The van der Waals surface area contributed by atoms with Crippen molar-refractivity contribution in [3.8, 4) is 0 Å². The smallest absolute Gasteiger partial charge is 0.273 e. The Morgan fingerprint density at radius 2 is 2.38 bits per heavy atom. The number of hydrogen-bond donors (Lipinski definition) is 4. The third kappa shape index (κ3) is 2.01. The van der Waals surface area contributed by atoms with Crippen molar-refractivity contribution in [2.75, 3.05) is 12.3 Å². The number of aromatic nitrogens is 2. The summed E-state index contributed by atoms with van der Waals surface area (Å²) in [4.78, 5) is 11.7. The molecule has 16 heavy (non-hydrogen) atoms. The predicted octanol–water partition coefficient (Wildman–Crippen LogP) is -0.199. The van der Waals surface area contributed by atoms with E-state index in [0.29, 0.717) is 23.8 Å². The molecule has 0 saturated heterocycles. The second kappa shape index (κ2) is 4.13. The Morgan fingerprint density at radius 1 is 1.69 bits per heavy atom. The van der Waals surface area contributed by atoms with Crippen LogP contribution in [-0.4, -0.2) is 33.9 Å². The molecule has 0 spiro atoms. The van der Waals surface area contributed by atoms with E-state index in [1.54, 1.807) is 6.92 Å². The van der Waals surface area contributed by atoms with Gasteiger partial charge in [-0.2, -0.15) is 5.10 Å². The van der Waals surface area contributed by atoms with Gasteiger partial charge < -0.3 is 16.2 Å². The SMILES string of the molecule is Cc1[nH]nc(C(=O)NCC2CC(O)C2)c1N. The molecule has 6 nitrogen and oxygen atoms in total. The van der Waals surface area contributed by atoms with Gasteiger partial charge >= 0.3 is 0 Å². The molecule has 1 saturated carbocycles. The minimum Gasteiger partial charge on any atom is -0.395 e. The Balaban J connectivity index is 1.86. The third-order valence-electron chi connectivity index (χ3n) is 2.97. The van der Waals surface area contributed by atoms with E-state index in [2.05, 4.69) is 15.5 Å². The molecule has 5 N–H and O–H groups in total. The molecule has 88 valence electrons. The lowest BCUT2D eigenvalue weighted by molar-refractivity contribution is 0.0420. The summed E-state index contributed by atoms with van der Waals surface area (Å²) in [5, 5.41) is 18.4. The van der Waals surface area contributed by atoms with Gasteiger partial charge in [0, 0.05) is 6.54 Å². The first-order valence-corrected chi connectivity index (χ1v) is 5.34. The van der Waals surface area contributed by atoms with Crippen molar-refractivity contribution in [3.05, 3.63) is 11.4 Å². The van der Waals surface area contributed by atoms with E-state index in [9.17, 15) is 4.79 Å². The Morgan fingerprint density at radius 3 is 2.88 bits per heavy atom. The number of carbonyl (C=O) groups excluding carboxylic acids is 1. The summed E-state index contributed by atoms with van der Waals surface area (Å²) in [6.07, 6.45) is 1.32. The fourth-order valence-corrected chi connectivity index (χ4v) is 1.80. The summed E-state index contributed by atoms with van der Waals surface area (Å²) in [5.74, 6) is 0.114. The number of nitrogens with one attached hydrogen (secondary N) is 2. The Kier molecular flexibility index (Phi) is 2.82. The topological polar surface area (TPSA) is 104 Å². The van der Waals surface area contributed by atoms with Crippen molar-refractivity contribution in [2.24, 2.45) is 5.92 Å². The molecule has 1 aromatic heterocycles. The average molecular weight is 224 g/mol. The van der Waals surface area contributed by atoms with Gasteiger partial charge in [0.1, 0.15) is 0 Å². The third-order valence-corrected chi connectivity index (χ3v) is 2.97. The highest BCUT2D eigenvalue weighted by Gasteiger charge is 2.27. The number of nitrogens with two attached hydrogens (primary N) is 1. The zero-order chi connectivity index (χ0) is 11.7. The van der Waals surface area contributed by atoms with Crippen molar-refractivity contribution in [3.63, 3.8) is 0 Å². The van der Waals surface area contributed by atoms with Crippen molar-refractivity contribution in [1.29, 1.82) is 0 Å². The molecule has 1 aliphatic rings. The molecular formula is C10H16N4O2. The number of rotatable bonds is 3. The second-order valence-corrected chi connectivity index (χ2v) is 4.31. The van der Waals surface area contributed by atoms with E-state index in [0.717, 1.165) is 12.8 Å². The molecule has 0 aliphatic heterocycles. The van der Waals surface area contributed by atoms with Gasteiger partial charge in [0.05, 0.1) is 17.5 Å². The number of aliphatic hydroxyl groups is 1. The van der Waals surface area contributed by atoms with E-state index in [1.165, 1.54) is 0 Å². The maximum Gasteiger partial charge on any atom is 0.273 e. The second-order valence-electron chi connectivity index (χ2n) is 4.31. The van der Waals surface area contributed by atoms with Crippen molar-refractivity contribution >= 4 is 11.6 Å². The van der Waals surface area contributed by atoms with Crippen molar-refractivity contribution in [1.82, 2.24) is 15.5 Å². The van der Waals surface area contributed by atoms with Crippen LogP contribution in [0.15, 0.2) is 0 Å². The Bertz CT molecular complexity index is 396. The monoisotopic (exact) mass is 224 g/mol. The molecule has 0 radical (unpaired) electrons. The van der Waals surface area contributed by atoms with Gasteiger partial charge in [-0.25, -0.2) is 0 Å². The molecule has 6 heteroatoms. The number of aliphatic hydroxyl groups excluding tert-OH is 1. The summed E-state index contributed by atoms with van der Waals surface area (Å²) in [7, 11) is 0. The summed E-state index contributed by atoms with van der Waals surface area (Å²) >= 11 is 0. The van der Waals surface area contributed by atoms with Gasteiger partial charge in [-0.1, -0.05) is 0 Å². The molecular weight excluding hydrogens is 208 g/mol. The molecule has 1 heterocycles. The van der Waals surface area contributed by atoms with Gasteiger partial charge in [-0.15, -0.1) is 0 Å². The summed E-state index contributed by atoms with van der Waals surface area (Å²) in [5.41, 5.74) is 7.02. The van der Waals surface area contributed by atoms with Crippen molar-refractivity contribution in [2.45, 2.75) is 25.9 Å². The van der Waals surface area contributed by atoms with Gasteiger partial charge in [0.2, 0.25) is 0 Å². The number of carbonyl (C=O) groups is 1. The molecule has 0 bridgehead atoms. The maximum absolute atomic E-state index is 11.7. The average Bonchev–Trinajstić information content (AvgIpc) is 2.53. The van der Waals surface area contributed by atoms with Crippen LogP contribution in [0, 0.1) is 12.8 Å². The van der Waals surface area contributed by atoms with Crippen LogP contribution in [-0.2, 0) is 0 Å². The van der Waals surface area contributed by atoms with Crippen LogP contribution in [0.1, 0.15) is 29.0 Å². The highest BCUT2D eigenvalue weighted by atomic mass is 16.3. The van der Waals surface area contributed by atoms with E-state index < -0.39 is 0 Å². The first kappa shape index (κ1) is 10.9. The van der Waals surface area contributed by atoms with Crippen LogP contribution < -0.4 is 11.1 Å². The van der Waals surface area contributed by atoms with E-state index >= 15 is 0 Å². The summed E-state index contributed by atoms with van der Waals surface area (Å²) in [6.45, 7) is 2.34. The van der Waals surface area contributed by atoms with Crippen LogP contribution in [0.5, 0.6) is 0 Å². The summed E-state index contributed by atoms with van der Waals surface area (Å²) in [6, 6.07) is 0. The standard InChI is InChI=1S/C10H16N4O2/c1-5-8(11)9(14-13-5)10(16)12-4-6-2-7(15)3-6/h6-7,15H,2-4,11H2,1H3,(H,12,16)(H,13,14). The Labute approximate surface area is 93.2 Å². The number of amides is 1. The Hall–Kier alpha value is -1.56. The van der Waals surface area contributed by atoms with Gasteiger partial charge in [0.25, 0.3) is 5.91 Å². The number of hydrogen-bond acceptors (Lipinski definition) is 4. The minimum atomic E-state index is -0.261. The lowest BCUT2D eigenvalue weighted by atomic mass is 9.82. The van der Waals surface area contributed by atoms with E-state index in [4.69, 9.17) is 10.8 Å². The minimum absolute atomic E-state index is 0.195. The van der Waals surface area contributed by atoms with Crippen LogP contribution in [0.25, 0.3) is 0 Å². The van der Waals surface area contributed by atoms with Gasteiger partial charge in [0.15, 0.2) is 5.69 Å². The highest BCUT2D eigenvalue weighted by Crippen LogP contribution is 2.26. The molecule has 1 aromatic rings. The predicted molar refractivity (Wildman–Crippen MR) is 58.8 cm³/mol. The lowest BCUT2D eigenvalue weighted by Gasteiger charge is -2.31. The molecule has 1 aliphatic carbocycles. The first-order chi connectivity index (χ1) is 7.58. The summed E-state index contributed by atoms with van der Waals surface area (Å²) < 4.78 is 0. The largest absolute Gasteiger partial charge is 0.395 e. The zero-order valence-corrected chi connectivity index (χ0v) is 9.16. The molecule has 1 fully saturated rings. The number of H-pyrrole nitrogens is 1. The number of anilines is 1. The van der Waals surface area contributed by atoms with Crippen LogP contribution >= 0.6 is 0 Å². The fraction of sp³-hybridized carbons (Fsp3) is 0.600. The van der Waals surface area contributed by atoms with Gasteiger partial charge in [-0.3, -0.25) is 9.89 Å². The molecule has 0 unspecified atom stereocenters. The van der Waals surface area contributed by atoms with E-state index in [1.807, 2.05) is 0 Å². The molecule has 2 rings (SSSR count). The van der Waals surface area contributed by atoms with Crippen LogP contribution in [0.3, 0.4) is 0 Å². The highest BCUT2D eigenvalue weighted by molar-refractivity contribution is 5.97. The molecule has 1 amide bonds. The van der Waals surface area contributed by atoms with Crippen LogP contribution in [0.2, 0.25) is 0 Å².